The van der Waals surface area contributed by atoms with Crippen LogP contribution in [-0.4, -0.2) is 0 Å². The highest BCUT2D eigenvalue weighted by Crippen LogP contribution is 2.63. The zero-order chi connectivity index (χ0) is 41.2. The van der Waals surface area contributed by atoms with E-state index >= 15 is 0 Å². The minimum atomic E-state index is -0.601. The number of anilines is 3. The molecule has 0 bridgehead atoms. The van der Waals surface area contributed by atoms with Crippen molar-refractivity contribution in [1.29, 1.82) is 0 Å². The summed E-state index contributed by atoms with van der Waals surface area (Å²) in [5.74, 6) is 1.74. The van der Waals surface area contributed by atoms with Crippen molar-refractivity contribution in [2.24, 2.45) is 0 Å². The number of rotatable bonds is 4. The van der Waals surface area contributed by atoms with Gasteiger partial charge in [0.25, 0.3) is 0 Å². The number of para-hydroxylation sites is 2. The molecule has 0 unspecified atom stereocenters. The predicted molar refractivity (Wildman–Crippen MR) is 262 cm³/mol. The first-order valence-corrected chi connectivity index (χ1v) is 22.3. The molecule has 0 fully saturated rings. The zero-order valence-electron chi connectivity index (χ0n) is 33.9. The molecule has 0 N–H and O–H groups in total. The molecule has 294 valence electrons. The van der Waals surface area contributed by atoms with Crippen molar-refractivity contribution in [1.82, 2.24) is 0 Å². The highest BCUT2D eigenvalue weighted by molar-refractivity contribution is 7.26. The van der Waals surface area contributed by atoms with E-state index in [1.165, 1.54) is 64.3 Å². The van der Waals surface area contributed by atoms with Gasteiger partial charge in [-0.2, -0.15) is 0 Å². The van der Waals surface area contributed by atoms with Crippen molar-refractivity contribution in [2.45, 2.75) is 5.41 Å². The monoisotopic (exact) mass is 821 g/mol. The molecular formula is C59H35NO2S. The molecule has 1 aliphatic carbocycles. The van der Waals surface area contributed by atoms with Crippen LogP contribution in [0.15, 0.2) is 217 Å². The van der Waals surface area contributed by atoms with Crippen LogP contribution in [0.3, 0.4) is 0 Å². The molecule has 0 amide bonds. The summed E-state index contributed by atoms with van der Waals surface area (Å²) in [7, 11) is 0. The van der Waals surface area contributed by atoms with E-state index in [2.05, 4.69) is 211 Å². The molecule has 14 rings (SSSR count). The fraction of sp³-hybridized carbons (Fsp3) is 0.0169. The number of ether oxygens (including phenoxy) is 1. The Balaban J connectivity index is 1.05. The van der Waals surface area contributed by atoms with Crippen molar-refractivity contribution >= 4 is 81.3 Å². The Morgan fingerprint density at radius 2 is 1.05 bits per heavy atom. The zero-order valence-corrected chi connectivity index (χ0v) is 34.7. The highest BCUT2D eigenvalue weighted by atomic mass is 32.1. The van der Waals surface area contributed by atoms with Crippen LogP contribution >= 0.6 is 11.3 Å². The van der Waals surface area contributed by atoms with E-state index in [1.807, 2.05) is 17.4 Å². The molecule has 0 saturated carbocycles. The smallest absolute Gasteiger partial charge is 0.137 e. The van der Waals surface area contributed by atoms with Crippen molar-refractivity contribution in [3.05, 3.63) is 235 Å². The number of benzene rings is 10. The first kappa shape index (κ1) is 34.8. The Labute approximate surface area is 367 Å². The molecule has 3 nitrogen and oxygen atoms in total. The number of furan rings is 1. The Hall–Kier alpha value is -7.92. The lowest BCUT2D eigenvalue weighted by molar-refractivity contribution is 0.436. The Bertz CT molecular complexity index is 3820. The van der Waals surface area contributed by atoms with Gasteiger partial charge in [-0.1, -0.05) is 140 Å². The number of thiophene rings is 1. The minimum absolute atomic E-state index is 0.601. The van der Waals surface area contributed by atoms with Gasteiger partial charge in [-0.15, -0.1) is 11.3 Å². The summed E-state index contributed by atoms with van der Waals surface area (Å²) in [5.41, 5.74) is 14.0. The lowest BCUT2D eigenvalue weighted by atomic mass is 9.66. The summed E-state index contributed by atoms with van der Waals surface area (Å²) in [6, 6.07) is 77.2. The number of nitrogens with zero attached hydrogens (tertiary/aromatic N) is 1. The summed E-state index contributed by atoms with van der Waals surface area (Å²) >= 11 is 1.85. The molecular weight excluding hydrogens is 787 g/mol. The van der Waals surface area contributed by atoms with Crippen molar-refractivity contribution < 1.29 is 9.15 Å². The lowest BCUT2D eigenvalue weighted by Gasteiger charge is -2.40. The van der Waals surface area contributed by atoms with Gasteiger partial charge in [0.05, 0.1) is 11.1 Å². The average Bonchev–Trinajstić information content (AvgIpc) is 4.00. The molecule has 2 aliphatic rings. The topological polar surface area (TPSA) is 25.6 Å². The van der Waals surface area contributed by atoms with Gasteiger partial charge in [-0.3, -0.25) is 0 Å². The lowest BCUT2D eigenvalue weighted by Crippen LogP contribution is -2.32. The first-order valence-electron chi connectivity index (χ1n) is 21.5. The standard InChI is InChI=1S/C59H35NO2S/c1-2-15-40-36(13-1)14-11-19-41(40)37-27-32-56-46(33-37)58-51(23-12-26-57(58)63-56)60(39-28-30-45-44-18-5-9-24-52(44)61-55(45)35-39)38-29-31-54-50(34-38)59(49-22-8-10-25-53(49)62-54)47-20-6-3-16-42(47)43-17-4-7-21-48(43)59/h1-35H. The van der Waals surface area contributed by atoms with E-state index < -0.39 is 5.41 Å². The molecule has 0 atom stereocenters. The second-order valence-corrected chi connectivity index (χ2v) is 17.8. The normalized spacial score (nSPS) is 13.3. The van der Waals surface area contributed by atoms with Crippen molar-refractivity contribution in [3.8, 4) is 33.8 Å². The number of hydrogen-bond acceptors (Lipinski definition) is 4. The van der Waals surface area contributed by atoms with Gasteiger partial charge >= 0.3 is 0 Å². The van der Waals surface area contributed by atoms with Gasteiger partial charge in [0, 0.05) is 59.5 Å². The van der Waals surface area contributed by atoms with Gasteiger partial charge in [0.15, 0.2) is 0 Å². The van der Waals surface area contributed by atoms with Gasteiger partial charge in [-0.05, 0) is 111 Å². The summed E-state index contributed by atoms with van der Waals surface area (Å²) in [6.07, 6.45) is 0. The first-order chi connectivity index (χ1) is 31.2. The van der Waals surface area contributed by atoms with Gasteiger partial charge in [0.2, 0.25) is 0 Å². The largest absolute Gasteiger partial charge is 0.457 e. The van der Waals surface area contributed by atoms with Crippen LogP contribution in [-0.2, 0) is 5.41 Å². The van der Waals surface area contributed by atoms with Gasteiger partial charge in [-0.25, -0.2) is 0 Å². The van der Waals surface area contributed by atoms with Crippen molar-refractivity contribution in [3.63, 3.8) is 0 Å². The van der Waals surface area contributed by atoms with Gasteiger partial charge < -0.3 is 14.1 Å². The van der Waals surface area contributed by atoms with Crippen LogP contribution in [0.2, 0.25) is 0 Å². The van der Waals surface area contributed by atoms with Crippen LogP contribution in [0.1, 0.15) is 22.3 Å². The van der Waals surface area contributed by atoms with Crippen LogP contribution < -0.4 is 9.64 Å². The maximum atomic E-state index is 6.90. The molecule has 4 heteroatoms. The molecule has 1 aliphatic heterocycles. The van der Waals surface area contributed by atoms with Gasteiger partial charge in [0.1, 0.15) is 22.7 Å². The fourth-order valence-electron chi connectivity index (χ4n) is 10.9. The summed E-state index contributed by atoms with van der Waals surface area (Å²) in [6.45, 7) is 0. The van der Waals surface area contributed by atoms with E-state index in [0.717, 1.165) is 61.6 Å². The molecule has 63 heavy (non-hydrogen) atoms. The third-order valence-corrected chi connectivity index (χ3v) is 14.7. The quantitative estimate of drug-likeness (QED) is 0.177. The fourth-order valence-corrected chi connectivity index (χ4v) is 12.0. The molecule has 0 saturated heterocycles. The van der Waals surface area contributed by atoms with Crippen LogP contribution in [0.4, 0.5) is 17.1 Å². The predicted octanol–water partition coefficient (Wildman–Crippen LogP) is 16.7. The maximum absolute atomic E-state index is 6.90. The van der Waals surface area contributed by atoms with Crippen molar-refractivity contribution in [2.75, 3.05) is 4.90 Å². The summed E-state index contributed by atoms with van der Waals surface area (Å²) in [5, 5.41) is 7.15. The molecule has 3 heterocycles. The average molecular weight is 822 g/mol. The van der Waals surface area contributed by atoms with E-state index in [1.54, 1.807) is 0 Å². The van der Waals surface area contributed by atoms with Crippen LogP contribution in [0, 0.1) is 0 Å². The second kappa shape index (κ2) is 13.0. The molecule has 10 aromatic carbocycles. The molecule has 12 aromatic rings. The molecule has 2 aromatic heterocycles. The number of fused-ring (bicyclic) bond motifs is 16. The van der Waals surface area contributed by atoms with E-state index in [9.17, 15) is 0 Å². The van der Waals surface area contributed by atoms with Crippen LogP contribution in [0.5, 0.6) is 11.5 Å². The Morgan fingerprint density at radius 1 is 0.397 bits per heavy atom. The highest BCUT2D eigenvalue weighted by Gasteiger charge is 2.51. The number of hydrogen-bond donors (Lipinski definition) is 0. The molecule has 0 radical (unpaired) electrons. The van der Waals surface area contributed by atoms with E-state index in [4.69, 9.17) is 9.15 Å². The Morgan fingerprint density at radius 3 is 1.92 bits per heavy atom. The minimum Gasteiger partial charge on any atom is -0.457 e. The second-order valence-electron chi connectivity index (χ2n) is 16.7. The molecule has 1 spiro atoms. The SMILES string of the molecule is c1ccc2c(c1)Oc1ccc(N(c3ccc4c(c3)oc3ccccc34)c3cccc4sc5ccc(-c6cccc7ccccc67)cc5c34)cc1C21c2ccccc2-c2ccccc21. The maximum Gasteiger partial charge on any atom is 0.137 e. The summed E-state index contributed by atoms with van der Waals surface area (Å²) in [4.78, 5) is 2.44. The van der Waals surface area contributed by atoms with Crippen LogP contribution in [0.25, 0.3) is 75.1 Å². The van der Waals surface area contributed by atoms with E-state index in [-0.39, 0.29) is 0 Å². The van der Waals surface area contributed by atoms with E-state index in [0.29, 0.717) is 0 Å². The Kier molecular flexibility index (Phi) is 7.20. The third kappa shape index (κ3) is 4.84. The summed E-state index contributed by atoms with van der Waals surface area (Å²) < 4.78 is 16.0. The third-order valence-electron chi connectivity index (χ3n) is 13.5.